The minimum absolute atomic E-state index is 0.368. The van der Waals surface area contributed by atoms with Crippen LogP contribution >= 0.6 is 27.3 Å². The Hall–Kier alpha value is 0.1000. The van der Waals surface area contributed by atoms with E-state index in [1.54, 1.807) is 0 Å². The molecule has 1 rings (SSSR count). The van der Waals surface area contributed by atoms with Crippen LogP contribution in [0.15, 0.2) is 15.9 Å². The van der Waals surface area contributed by atoms with Crippen molar-refractivity contribution in [3.63, 3.8) is 0 Å². The summed E-state index contributed by atoms with van der Waals surface area (Å²) >= 11 is 5.37. The van der Waals surface area contributed by atoms with E-state index >= 15 is 0 Å². The molecule has 0 aliphatic heterocycles. The van der Waals surface area contributed by atoms with Crippen molar-refractivity contribution in [3.05, 3.63) is 20.8 Å². The van der Waals surface area contributed by atoms with Crippen molar-refractivity contribution in [2.45, 2.75) is 46.6 Å². The van der Waals surface area contributed by atoms with Crippen LogP contribution in [-0.2, 0) is 6.54 Å². The lowest BCUT2D eigenvalue weighted by molar-refractivity contribution is 0.169. The van der Waals surface area contributed by atoms with Crippen molar-refractivity contribution in [3.8, 4) is 0 Å². The quantitative estimate of drug-likeness (QED) is 0.605. The van der Waals surface area contributed by atoms with Gasteiger partial charge in [0.25, 0.3) is 0 Å². The average Bonchev–Trinajstić information content (AvgIpc) is 2.74. The molecule has 2 nitrogen and oxygen atoms in total. The number of thiophene rings is 1. The molecule has 0 bridgehead atoms. The fourth-order valence-corrected chi connectivity index (χ4v) is 4.33. The summed E-state index contributed by atoms with van der Waals surface area (Å²) in [6.45, 7) is 11.4. The van der Waals surface area contributed by atoms with Gasteiger partial charge >= 0.3 is 0 Å². The third-order valence-electron chi connectivity index (χ3n) is 3.53. The van der Waals surface area contributed by atoms with Gasteiger partial charge in [0.2, 0.25) is 0 Å². The third-order valence-corrected chi connectivity index (χ3v) is 5.21. The Kier molecular flexibility index (Phi) is 8.34. The second-order valence-electron chi connectivity index (χ2n) is 6.14. The molecule has 0 saturated carbocycles. The molecule has 0 aliphatic rings. The highest BCUT2D eigenvalue weighted by Crippen LogP contribution is 2.26. The van der Waals surface area contributed by atoms with E-state index in [1.807, 2.05) is 11.3 Å². The summed E-state index contributed by atoms with van der Waals surface area (Å²) in [5.41, 5.74) is 0.368. The fourth-order valence-electron chi connectivity index (χ4n) is 2.80. The molecule has 0 aromatic carbocycles. The Balaban J connectivity index is 2.50. The molecule has 1 aromatic heterocycles. The molecule has 0 amide bonds. The molecule has 1 aromatic rings. The second-order valence-corrected chi connectivity index (χ2v) is 8.05. The van der Waals surface area contributed by atoms with Gasteiger partial charge in [-0.25, -0.2) is 0 Å². The van der Waals surface area contributed by atoms with Gasteiger partial charge in [-0.1, -0.05) is 27.2 Å². The Labute approximate surface area is 137 Å². The molecule has 20 heavy (non-hydrogen) atoms. The summed E-state index contributed by atoms with van der Waals surface area (Å²) < 4.78 is 1.20. The van der Waals surface area contributed by atoms with E-state index in [9.17, 15) is 0 Å². The zero-order valence-electron chi connectivity index (χ0n) is 13.3. The van der Waals surface area contributed by atoms with Gasteiger partial charge in [0.15, 0.2) is 0 Å². The van der Waals surface area contributed by atoms with E-state index in [-0.39, 0.29) is 0 Å². The maximum absolute atomic E-state index is 3.60. The summed E-state index contributed by atoms with van der Waals surface area (Å²) in [7, 11) is 2.24. The molecule has 1 atom stereocenters. The van der Waals surface area contributed by atoms with Crippen LogP contribution in [0.1, 0.15) is 44.9 Å². The lowest BCUT2D eigenvalue weighted by Crippen LogP contribution is -2.41. The first kappa shape index (κ1) is 18.1. The Bertz CT molecular complexity index is 380. The van der Waals surface area contributed by atoms with Crippen LogP contribution in [0.5, 0.6) is 0 Å². The van der Waals surface area contributed by atoms with Crippen LogP contribution < -0.4 is 5.32 Å². The highest BCUT2D eigenvalue weighted by molar-refractivity contribution is 9.10. The molecule has 1 unspecified atom stereocenters. The number of hydrogen-bond acceptors (Lipinski definition) is 3. The Morgan fingerprint density at radius 2 is 2.10 bits per heavy atom. The summed E-state index contributed by atoms with van der Waals surface area (Å²) in [5.74, 6) is 0. The highest BCUT2D eigenvalue weighted by atomic mass is 79.9. The van der Waals surface area contributed by atoms with Gasteiger partial charge in [0.1, 0.15) is 0 Å². The maximum atomic E-state index is 3.60. The van der Waals surface area contributed by atoms with Crippen molar-refractivity contribution in [2.24, 2.45) is 5.41 Å². The van der Waals surface area contributed by atoms with Crippen LogP contribution in [0.25, 0.3) is 0 Å². The van der Waals surface area contributed by atoms with Crippen LogP contribution in [0, 0.1) is 5.41 Å². The van der Waals surface area contributed by atoms with Gasteiger partial charge in [-0.15, -0.1) is 11.3 Å². The van der Waals surface area contributed by atoms with Crippen LogP contribution in [0.4, 0.5) is 0 Å². The molecular formula is C16H29BrN2S. The van der Waals surface area contributed by atoms with Gasteiger partial charge < -0.3 is 10.2 Å². The monoisotopic (exact) mass is 360 g/mol. The topological polar surface area (TPSA) is 15.3 Å². The number of nitrogens with one attached hydrogen (secondary N) is 1. The van der Waals surface area contributed by atoms with E-state index in [2.05, 4.69) is 65.4 Å². The maximum Gasteiger partial charge on any atom is 0.0325 e. The standard InChI is InChI=1S/C16H29BrN2S/c1-5-7-16(3,12-18-8-6-2)13-19(4)10-15-9-14(17)11-20-15/h9,11,18H,5-8,10,12-13H2,1-4H3. The first-order valence-electron chi connectivity index (χ1n) is 7.61. The van der Waals surface area contributed by atoms with Crippen molar-refractivity contribution in [1.29, 1.82) is 0 Å². The van der Waals surface area contributed by atoms with Gasteiger partial charge in [-0.05, 0) is 53.8 Å². The van der Waals surface area contributed by atoms with Crippen LogP contribution in [0.2, 0.25) is 0 Å². The smallest absolute Gasteiger partial charge is 0.0325 e. The molecule has 1 N–H and O–H groups in total. The van der Waals surface area contributed by atoms with Gasteiger partial charge in [-0.3, -0.25) is 0 Å². The molecule has 4 heteroatoms. The fraction of sp³-hybridized carbons (Fsp3) is 0.750. The summed E-state index contributed by atoms with van der Waals surface area (Å²) in [4.78, 5) is 3.89. The second kappa shape index (κ2) is 9.19. The van der Waals surface area contributed by atoms with Crippen LogP contribution in [-0.4, -0.2) is 31.6 Å². The molecular weight excluding hydrogens is 332 g/mol. The van der Waals surface area contributed by atoms with Gasteiger partial charge in [0, 0.05) is 34.4 Å². The number of halogens is 1. The van der Waals surface area contributed by atoms with Crippen molar-refractivity contribution in [2.75, 3.05) is 26.7 Å². The van der Waals surface area contributed by atoms with E-state index < -0.39 is 0 Å². The largest absolute Gasteiger partial charge is 0.316 e. The molecule has 1 heterocycles. The number of hydrogen-bond donors (Lipinski definition) is 1. The molecule has 0 spiro atoms. The average molecular weight is 361 g/mol. The van der Waals surface area contributed by atoms with Crippen molar-refractivity contribution >= 4 is 27.3 Å². The Morgan fingerprint density at radius 3 is 2.65 bits per heavy atom. The molecule has 0 fully saturated rings. The first-order chi connectivity index (χ1) is 9.49. The molecule has 0 aliphatic carbocycles. The van der Waals surface area contributed by atoms with E-state index in [0.717, 1.165) is 26.2 Å². The lowest BCUT2D eigenvalue weighted by atomic mass is 9.85. The van der Waals surface area contributed by atoms with E-state index in [1.165, 1.54) is 28.6 Å². The summed E-state index contributed by atoms with van der Waals surface area (Å²) in [6.07, 6.45) is 3.74. The van der Waals surface area contributed by atoms with Crippen LogP contribution in [0.3, 0.4) is 0 Å². The van der Waals surface area contributed by atoms with Crippen molar-refractivity contribution in [1.82, 2.24) is 10.2 Å². The van der Waals surface area contributed by atoms with Gasteiger partial charge in [0.05, 0.1) is 0 Å². The highest BCUT2D eigenvalue weighted by Gasteiger charge is 2.24. The normalized spacial score (nSPS) is 14.7. The first-order valence-corrected chi connectivity index (χ1v) is 9.28. The SMILES string of the molecule is CCCNCC(C)(CCC)CN(C)Cc1cc(Br)cs1. The van der Waals surface area contributed by atoms with E-state index in [4.69, 9.17) is 0 Å². The van der Waals surface area contributed by atoms with Gasteiger partial charge in [-0.2, -0.15) is 0 Å². The predicted molar refractivity (Wildman–Crippen MR) is 94.5 cm³/mol. The number of rotatable bonds is 10. The predicted octanol–water partition coefficient (Wildman–Crippen LogP) is 4.75. The molecule has 116 valence electrons. The molecule has 0 saturated heterocycles. The zero-order chi connectivity index (χ0) is 15.0. The lowest BCUT2D eigenvalue weighted by Gasteiger charge is -2.34. The number of nitrogens with zero attached hydrogens (tertiary/aromatic N) is 1. The summed E-state index contributed by atoms with van der Waals surface area (Å²) in [5, 5.41) is 5.77. The third kappa shape index (κ3) is 6.70. The van der Waals surface area contributed by atoms with E-state index in [0.29, 0.717) is 5.41 Å². The Morgan fingerprint density at radius 1 is 1.35 bits per heavy atom. The van der Waals surface area contributed by atoms with Crippen molar-refractivity contribution < 1.29 is 0 Å². The minimum Gasteiger partial charge on any atom is -0.316 e. The molecule has 0 radical (unpaired) electrons. The minimum atomic E-state index is 0.368. The zero-order valence-corrected chi connectivity index (χ0v) is 15.7. The summed E-state index contributed by atoms with van der Waals surface area (Å²) in [6, 6.07) is 2.23.